The lowest BCUT2D eigenvalue weighted by atomic mass is 10.0. The number of hydrogen-bond donors (Lipinski definition) is 0. The predicted molar refractivity (Wildman–Crippen MR) is 121 cm³/mol. The van der Waals surface area contributed by atoms with Crippen molar-refractivity contribution in [1.29, 1.82) is 0 Å². The van der Waals surface area contributed by atoms with Crippen molar-refractivity contribution >= 4 is 34.8 Å². The Bertz CT molecular complexity index is 1180. The highest BCUT2D eigenvalue weighted by Crippen LogP contribution is 2.41. The van der Waals surface area contributed by atoms with Gasteiger partial charge in [-0.15, -0.1) is 11.8 Å². The highest BCUT2D eigenvalue weighted by Gasteiger charge is 2.41. The third-order valence-electron chi connectivity index (χ3n) is 5.59. The summed E-state index contributed by atoms with van der Waals surface area (Å²) in [4.78, 5) is 28.8. The van der Waals surface area contributed by atoms with Crippen LogP contribution in [0.4, 0.5) is 5.69 Å². The Balaban J connectivity index is 1.81. The minimum absolute atomic E-state index is 0.279. The summed E-state index contributed by atoms with van der Waals surface area (Å²) in [6.07, 6.45) is 1.61. The molecule has 0 saturated carbocycles. The molecule has 0 atom stereocenters. The highest BCUT2D eigenvalue weighted by molar-refractivity contribution is 8.03. The van der Waals surface area contributed by atoms with Crippen LogP contribution < -0.4 is 4.90 Å². The Labute approximate surface area is 180 Å². The molecule has 0 aliphatic carbocycles. The molecule has 0 unspecified atom stereocenters. The molecule has 0 spiro atoms. The molecule has 1 aromatic heterocycles. The van der Waals surface area contributed by atoms with Gasteiger partial charge in [-0.2, -0.15) is 0 Å². The molecule has 152 valence electrons. The van der Waals surface area contributed by atoms with E-state index in [1.165, 1.54) is 16.7 Å². The Morgan fingerprint density at radius 3 is 2.37 bits per heavy atom. The molecule has 2 amide bonds. The Kier molecular flexibility index (Phi) is 5.39. The molecule has 0 saturated heterocycles. The van der Waals surface area contributed by atoms with Crippen LogP contribution >= 0.6 is 11.8 Å². The summed E-state index contributed by atoms with van der Waals surface area (Å²) < 4.78 is 5.42. The lowest BCUT2D eigenvalue weighted by molar-refractivity contribution is -0.119. The van der Waals surface area contributed by atoms with E-state index < -0.39 is 0 Å². The quantitative estimate of drug-likeness (QED) is 0.497. The number of benzene rings is 2. The number of aryl methyl sites for hydroxylation is 3. The number of nitrogens with zero attached hydrogens (tertiary/aromatic N) is 1. The maximum atomic E-state index is 13.6. The molecule has 4 nitrogen and oxygen atoms in total. The normalized spacial score (nSPS) is 14.2. The summed E-state index contributed by atoms with van der Waals surface area (Å²) in [5, 5.41) is 0. The van der Waals surface area contributed by atoms with Gasteiger partial charge >= 0.3 is 0 Å². The van der Waals surface area contributed by atoms with Crippen LogP contribution in [0.15, 0.2) is 64.1 Å². The first kappa shape index (κ1) is 20.2. The van der Waals surface area contributed by atoms with Gasteiger partial charge in [0.2, 0.25) is 0 Å². The van der Waals surface area contributed by atoms with Gasteiger partial charge in [-0.25, -0.2) is 4.90 Å². The van der Waals surface area contributed by atoms with Crippen LogP contribution in [-0.2, 0) is 15.3 Å². The lowest BCUT2D eigenvalue weighted by Gasteiger charge is -2.19. The second-order valence-electron chi connectivity index (χ2n) is 7.54. The number of carbonyl (C=O) groups is 2. The standard InChI is InChI=1S/C25H23NO3S/c1-15-10-11-19(13-17(15)3)22-23(30-14-20-8-6-12-29-20)25(28)26(24(22)27)21-9-5-7-16(2)18(21)4/h5-13H,14H2,1-4H3. The third kappa shape index (κ3) is 3.50. The van der Waals surface area contributed by atoms with Crippen LogP contribution in [0.2, 0.25) is 0 Å². The lowest BCUT2D eigenvalue weighted by Crippen LogP contribution is -2.32. The molecule has 2 heterocycles. The number of carbonyl (C=O) groups excluding carboxylic acids is 2. The molecule has 30 heavy (non-hydrogen) atoms. The van der Waals surface area contributed by atoms with E-state index in [0.717, 1.165) is 33.6 Å². The summed E-state index contributed by atoms with van der Waals surface area (Å²) in [7, 11) is 0. The second kappa shape index (κ2) is 8.00. The number of imide groups is 1. The van der Waals surface area contributed by atoms with E-state index in [-0.39, 0.29) is 11.8 Å². The molecule has 1 aliphatic heterocycles. The zero-order valence-electron chi connectivity index (χ0n) is 17.5. The third-order valence-corrected chi connectivity index (χ3v) is 6.69. The number of hydrogen-bond acceptors (Lipinski definition) is 4. The highest BCUT2D eigenvalue weighted by atomic mass is 32.2. The monoisotopic (exact) mass is 417 g/mol. The van der Waals surface area contributed by atoms with Crippen LogP contribution in [0.5, 0.6) is 0 Å². The van der Waals surface area contributed by atoms with Crippen LogP contribution in [0.3, 0.4) is 0 Å². The zero-order valence-corrected chi connectivity index (χ0v) is 18.3. The maximum absolute atomic E-state index is 13.6. The van der Waals surface area contributed by atoms with Gasteiger partial charge in [0.05, 0.1) is 28.2 Å². The summed E-state index contributed by atoms with van der Waals surface area (Å²) in [5.74, 6) is 0.686. The van der Waals surface area contributed by atoms with Crippen LogP contribution in [-0.4, -0.2) is 11.8 Å². The van der Waals surface area contributed by atoms with Gasteiger partial charge < -0.3 is 4.42 Å². The summed E-state index contributed by atoms with van der Waals surface area (Å²) >= 11 is 1.35. The summed E-state index contributed by atoms with van der Waals surface area (Å²) in [6, 6.07) is 15.3. The molecule has 0 fully saturated rings. The molecule has 3 aromatic rings. The average molecular weight is 418 g/mol. The Morgan fingerprint density at radius 2 is 1.67 bits per heavy atom. The SMILES string of the molecule is Cc1ccc(C2=C(SCc3ccco3)C(=O)N(c3cccc(C)c3C)C2=O)cc1C. The molecule has 0 radical (unpaired) electrons. The fraction of sp³-hybridized carbons (Fsp3) is 0.200. The van der Waals surface area contributed by atoms with Gasteiger partial charge in [0.15, 0.2) is 0 Å². The number of furan rings is 1. The van der Waals surface area contributed by atoms with Gasteiger partial charge in [-0.05, 0) is 73.7 Å². The number of anilines is 1. The first-order valence-electron chi connectivity index (χ1n) is 9.80. The number of amides is 2. The predicted octanol–water partition coefficient (Wildman–Crippen LogP) is 5.73. The van der Waals surface area contributed by atoms with Crippen molar-refractivity contribution in [2.24, 2.45) is 0 Å². The van der Waals surface area contributed by atoms with Gasteiger partial charge in [0.25, 0.3) is 11.8 Å². The summed E-state index contributed by atoms with van der Waals surface area (Å²) in [6.45, 7) is 7.96. The van der Waals surface area contributed by atoms with E-state index in [1.807, 2.05) is 76.2 Å². The topological polar surface area (TPSA) is 50.5 Å². The average Bonchev–Trinajstić information content (AvgIpc) is 3.31. The first-order valence-corrected chi connectivity index (χ1v) is 10.8. The molecule has 4 rings (SSSR count). The van der Waals surface area contributed by atoms with Gasteiger partial charge in [0.1, 0.15) is 5.76 Å². The molecule has 2 aromatic carbocycles. The smallest absolute Gasteiger partial charge is 0.272 e. The van der Waals surface area contributed by atoms with Crippen LogP contribution in [0.1, 0.15) is 33.6 Å². The largest absolute Gasteiger partial charge is 0.468 e. The van der Waals surface area contributed by atoms with Crippen molar-refractivity contribution in [3.8, 4) is 0 Å². The second-order valence-corrected chi connectivity index (χ2v) is 8.52. The van der Waals surface area contributed by atoms with E-state index in [1.54, 1.807) is 6.26 Å². The van der Waals surface area contributed by atoms with E-state index in [4.69, 9.17) is 4.42 Å². The van der Waals surface area contributed by atoms with E-state index in [2.05, 4.69) is 0 Å². The maximum Gasteiger partial charge on any atom is 0.272 e. The Hall–Kier alpha value is -3.05. The zero-order chi connectivity index (χ0) is 21.4. The minimum atomic E-state index is -0.279. The van der Waals surface area contributed by atoms with Crippen molar-refractivity contribution in [2.45, 2.75) is 33.4 Å². The van der Waals surface area contributed by atoms with Crippen molar-refractivity contribution in [2.75, 3.05) is 4.90 Å². The van der Waals surface area contributed by atoms with Gasteiger partial charge in [-0.1, -0.05) is 30.3 Å². The summed E-state index contributed by atoms with van der Waals surface area (Å²) in [5.41, 5.74) is 6.06. The van der Waals surface area contributed by atoms with Crippen molar-refractivity contribution in [3.63, 3.8) is 0 Å². The van der Waals surface area contributed by atoms with E-state index in [0.29, 0.717) is 21.9 Å². The fourth-order valence-corrected chi connectivity index (χ4v) is 4.54. The molecular weight excluding hydrogens is 394 g/mol. The van der Waals surface area contributed by atoms with Crippen molar-refractivity contribution in [3.05, 3.63) is 93.3 Å². The molecular formula is C25H23NO3S. The minimum Gasteiger partial charge on any atom is -0.468 e. The van der Waals surface area contributed by atoms with Gasteiger partial charge in [-0.3, -0.25) is 9.59 Å². The molecule has 0 bridgehead atoms. The van der Waals surface area contributed by atoms with Crippen LogP contribution in [0.25, 0.3) is 5.57 Å². The van der Waals surface area contributed by atoms with Gasteiger partial charge in [0, 0.05) is 0 Å². The molecule has 0 N–H and O–H groups in total. The fourth-order valence-electron chi connectivity index (χ4n) is 3.53. The van der Waals surface area contributed by atoms with E-state index in [9.17, 15) is 9.59 Å². The molecule has 5 heteroatoms. The van der Waals surface area contributed by atoms with E-state index >= 15 is 0 Å². The van der Waals surface area contributed by atoms with Crippen molar-refractivity contribution < 1.29 is 14.0 Å². The number of rotatable bonds is 5. The Morgan fingerprint density at radius 1 is 0.867 bits per heavy atom. The van der Waals surface area contributed by atoms with Crippen LogP contribution in [0, 0.1) is 27.7 Å². The number of thioether (sulfide) groups is 1. The van der Waals surface area contributed by atoms with Crippen molar-refractivity contribution in [1.82, 2.24) is 0 Å². The first-order chi connectivity index (χ1) is 14.4. The molecule has 1 aliphatic rings.